The first-order valence-electron chi connectivity index (χ1n) is 9.83. The SMILES string of the molecule is COC(=O)COc1cc(Br)c(C=C2C(=O)NC(=O)N(C3CCCCC3)C2=O)cc1OC. The van der Waals surface area contributed by atoms with Crippen molar-refractivity contribution in [2.75, 3.05) is 20.8 Å². The maximum absolute atomic E-state index is 13.0. The minimum atomic E-state index is -0.751. The molecule has 0 unspecified atom stereocenters. The minimum absolute atomic E-state index is 0.142. The zero-order chi connectivity index (χ0) is 22.5. The van der Waals surface area contributed by atoms with Gasteiger partial charge in [-0.2, -0.15) is 0 Å². The van der Waals surface area contributed by atoms with E-state index in [9.17, 15) is 19.2 Å². The summed E-state index contributed by atoms with van der Waals surface area (Å²) in [5, 5.41) is 2.26. The van der Waals surface area contributed by atoms with Crippen LogP contribution < -0.4 is 14.8 Å². The number of esters is 1. The van der Waals surface area contributed by atoms with Crippen LogP contribution in [0.2, 0.25) is 0 Å². The standard InChI is InChI=1S/C21H23BrN2O7/c1-29-16-9-12(15(22)10-17(16)31-11-18(25)30-2)8-14-19(26)23-21(28)24(20(14)27)13-6-4-3-5-7-13/h8-10,13H,3-7,11H2,1-2H3,(H,23,26,28). The zero-order valence-corrected chi connectivity index (χ0v) is 18.8. The lowest BCUT2D eigenvalue weighted by Crippen LogP contribution is -2.58. The number of urea groups is 1. The van der Waals surface area contributed by atoms with Crippen molar-refractivity contribution in [1.29, 1.82) is 0 Å². The summed E-state index contributed by atoms with van der Waals surface area (Å²) in [4.78, 5) is 50.3. The smallest absolute Gasteiger partial charge is 0.343 e. The minimum Gasteiger partial charge on any atom is -0.493 e. The van der Waals surface area contributed by atoms with E-state index >= 15 is 0 Å². The molecule has 3 rings (SSSR count). The summed E-state index contributed by atoms with van der Waals surface area (Å²) < 4.78 is 15.8. The molecule has 2 fully saturated rings. The summed E-state index contributed by atoms with van der Waals surface area (Å²) >= 11 is 3.39. The average molecular weight is 495 g/mol. The molecule has 10 heteroatoms. The van der Waals surface area contributed by atoms with Crippen LogP contribution in [0, 0.1) is 0 Å². The fourth-order valence-corrected chi connectivity index (χ4v) is 4.06. The van der Waals surface area contributed by atoms with E-state index in [-0.39, 0.29) is 24.0 Å². The highest BCUT2D eigenvalue weighted by Gasteiger charge is 2.40. The van der Waals surface area contributed by atoms with Gasteiger partial charge in [0.1, 0.15) is 5.57 Å². The largest absolute Gasteiger partial charge is 0.493 e. The maximum atomic E-state index is 13.0. The lowest BCUT2D eigenvalue weighted by atomic mass is 9.93. The predicted octanol–water partition coefficient (Wildman–Crippen LogP) is 2.80. The summed E-state index contributed by atoms with van der Waals surface area (Å²) in [7, 11) is 2.68. The van der Waals surface area contributed by atoms with Crippen molar-refractivity contribution in [3.05, 3.63) is 27.7 Å². The number of hydrogen-bond acceptors (Lipinski definition) is 7. The highest BCUT2D eigenvalue weighted by Crippen LogP contribution is 2.35. The molecule has 1 aliphatic carbocycles. The van der Waals surface area contributed by atoms with E-state index in [2.05, 4.69) is 26.0 Å². The fraction of sp³-hybridized carbons (Fsp3) is 0.429. The molecule has 0 aromatic heterocycles. The van der Waals surface area contributed by atoms with Gasteiger partial charge >= 0.3 is 12.0 Å². The number of barbiturate groups is 1. The first-order valence-corrected chi connectivity index (χ1v) is 10.6. The third-order valence-corrected chi connectivity index (χ3v) is 5.92. The van der Waals surface area contributed by atoms with E-state index in [1.54, 1.807) is 12.1 Å². The second kappa shape index (κ2) is 9.95. The van der Waals surface area contributed by atoms with Gasteiger partial charge in [0.25, 0.3) is 11.8 Å². The Morgan fingerprint density at radius 1 is 1.16 bits per heavy atom. The predicted molar refractivity (Wildman–Crippen MR) is 113 cm³/mol. The van der Waals surface area contributed by atoms with E-state index in [1.165, 1.54) is 20.3 Å². The number of carbonyl (C=O) groups excluding carboxylic acids is 4. The number of nitrogens with zero attached hydrogens (tertiary/aromatic N) is 1. The first kappa shape index (κ1) is 22.8. The molecule has 0 spiro atoms. The van der Waals surface area contributed by atoms with Gasteiger partial charge in [-0.1, -0.05) is 35.2 Å². The Kier molecular flexibility index (Phi) is 7.32. The number of ether oxygens (including phenoxy) is 3. The summed E-state index contributed by atoms with van der Waals surface area (Å²) in [6.45, 7) is -0.306. The molecule has 9 nitrogen and oxygen atoms in total. The van der Waals surface area contributed by atoms with E-state index in [4.69, 9.17) is 9.47 Å². The molecule has 2 aliphatic rings. The Labute approximate surface area is 187 Å². The molecule has 0 atom stereocenters. The van der Waals surface area contributed by atoms with E-state index in [1.807, 2.05) is 0 Å². The van der Waals surface area contributed by atoms with Crippen LogP contribution in [0.3, 0.4) is 0 Å². The van der Waals surface area contributed by atoms with Gasteiger partial charge in [-0.3, -0.25) is 19.8 Å². The quantitative estimate of drug-likeness (QED) is 0.367. The van der Waals surface area contributed by atoms with Crippen LogP contribution in [0.1, 0.15) is 37.7 Å². The van der Waals surface area contributed by atoms with Crippen molar-refractivity contribution in [3.8, 4) is 11.5 Å². The molecular weight excluding hydrogens is 472 g/mol. The van der Waals surface area contributed by atoms with Crippen LogP contribution in [0.25, 0.3) is 6.08 Å². The van der Waals surface area contributed by atoms with Crippen LogP contribution in [0.5, 0.6) is 11.5 Å². The van der Waals surface area contributed by atoms with Crippen molar-refractivity contribution in [2.24, 2.45) is 0 Å². The number of methoxy groups -OCH3 is 2. The van der Waals surface area contributed by atoms with Crippen LogP contribution in [0.4, 0.5) is 4.79 Å². The summed E-state index contributed by atoms with van der Waals surface area (Å²) in [6.07, 6.45) is 5.79. The molecule has 4 amide bonds. The summed E-state index contributed by atoms with van der Waals surface area (Å²) in [5.41, 5.74) is 0.329. The second-order valence-corrected chi connectivity index (χ2v) is 8.03. The molecule has 31 heavy (non-hydrogen) atoms. The normalized spacial score (nSPS) is 18.7. The summed E-state index contributed by atoms with van der Waals surface area (Å²) in [5.74, 6) is -1.35. The van der Waals surface area contributed by atoms with Crippen LogP contribution in [0.15, 0.2) is 22.2 Å². The van der Waals surface area contributed by atoms with Gasteiger partial charge in [-0.05, 0) is 36.6 Å². The Balaban J connectivity index is 1.91. The number of benzene rings is 1. The number of nitrogens with one attached hydrogen (secondary N) is 1. The van der Waals surface area contributed by atoms with Gasteiger partial charge in [0.15, 0.2) is 18.1 Å². The van der Waals surface area contributed by atoms with Crippen molar-refractivity contribution in [1.82, 2.24) is 10.2 Å². The lowest BCUT2D eigenvalue weighted by molar-refractivity contribution is -0.143. The van der Waals surface area contributed by atoms with Crippen molar-refractivity contribution in [2.45, 2.75) is 38.1 Å². The molecule has 1 aliphatic heterocycles. The van der Waals surface area contributed by atoms with Gasteiger partial charge in [-0.15, -0.1) is 0 Å². The van der Waals surface area contributed by atoms with Crippen LogP contribution in [-0.4, -0.2) is 55.6 Å². The second-order valence-electron chi connectivity index (χ2n) is 7.17. The molecule has 166 valence electrons. The van der Waals surface area contributed by atoms with E-state index < -0.39 is 23.8 Å². The van der Waals surface area contributed by atoms with Crippen molar-refractivity contribution < 1.29 is 33.4 Å². The topological polar surface area (TPSA) is 111 Å². The Hall–Kier alpha value is -2.88. The van der Waals surface area contributed by atoms with Crippen LogP contribution in [-0.2, 0) is 19.1 Å². The molecule has 1 saturated carbocycles. The number of amides is 4. The number of hydrogen-bond donors (Lipinski definition) is 1. The van der Waals surface area contributed by atoms with Crippen molar-refractivity contribution >= 4 is 45.8 Å². The third kappa shape index (κ3) is 5.07. The highest BCUT2D eigenvalue weighted by atomic mass is 79.9. The van der Waals surface area contributed by atoms with Crippen molar-refractivity contribution in [3.63, 3.8) is 0 Å². The van der Waals surface area contributed by atoms with E-state index in [0.717, 1.165) is 37.0 Å². The molecule has 1 saturated heterocycles. The van der Waals surface area contributed by atoms with Gasteiger partial charge < -0.3 is 14.2 Å². The van der Waals surface area contributed by atoms with Gasteiger partial charge in [0.2, 0.25) is 0 Å². The molecule has 0 radical (unpaired) electrons. The zero-order valence-electron chi connectivity index (χ0n) is 17.2. The summed E-state index contributed by atoms with van der Waals surface area (Å²) in [6, 6.07) is 2.22. The number of halogens is 1. The first-order chi connectivity index (χ1) is 14.8. The van der Waals surface area contributed by atoms with Gasteiger partial charge in [0, 0.05) is 10.5 Å². The monoisotopic (exact) mass is 494 g/mol. The lowest BCUT2D eigenvalue weighted by Gasteiger charge is -2.35. The van der Waals surface area contributed by atoms with Gasteiger partial charge in [-0.25, -0.2) is 9.59 Å². The van der Waals surface area contributed by atoms with Crippen LogP contribution >= 0.6 is 15.9 Å². The third-order valence-electron chi connectivity index (χ3n) is 5.23. The maximum Gasteiger partial charge on any atom is 0.343 e. The Morgan fingerprint density at radius 2 is 1.87 bits per heavy atom. The molecular formula is C21H23BrN2O7. The highest BCUT2D eigenvalue weighted by molar-refractivity contribution is 9.10. The number of carbonyl (C=O) groups is 4. The molecule has 1 aromatic rings. The molecule has 1 heterocycles. The molecule has 0 bridgehead atoms. The number of imide groups is 2. The average Bonchev–Trinajstić information content (AvgIpc) is 2.76. The molecule has 1 N–H and O–H groups in total. The molecule has 1 aromatic carbocycles. The fourth-order valence-electron chi connectivity index (χ4n) is 3.63. The van der Waals surface area contributed by atoms with Gasteiger partial charge in [0.05, 0.1) is 14.2 Å². The number of rotatable bonds is 6. The Bertz CT molecular complexity index is 938. The Morgan fingerprint density at radius 3 is 2.52 bits per heavy atom. The van der Waals surface area contributed by atoms with E-state index in [0.29, 0.717) is 15.8 Å².